The van der Waals surface area contributed by atoms with Gasteiger partial charge in [-0.25, -0.2) is 4.90 Å². The molecule has 5 nitrogen and oxygen atoms in total. The molecule has 2 amide bonds. The Balaban J connectivity index is 1.65. The minimum absolute atomic E-state index is 0.282. The van der Waals surface area contributed by atoms with E-state index in [1.165, 1.54) is 4.90 Å². The first-order valence-electron chi connectivity index (χ1n) is 8.83. The Labute approximate surface area is 167 Å². The van der Waals surface area contributed by atoms with Crippen LogP contribution in [0, 0.1) is 0 Å². The SMILES string of the molecule is CN(C)c1ccc(-n2cccc2C=C2SC(=O)N(c3ccccc3)C2=O)cc1. The number of para-hydroxylation sites is 1. The van der Waals surface area contributed by atoms with Crippen LogP contribution in [-0.4, -0.2) is 29.8 Å². The van der Waals surface area contributed by atoms with Gasteiger partial charge in [0.1, 0.15) is 0 Å². The summed E-state index contributed by atoms with van der Waals surface area (Å²) in [6, 6.07) is 21.0. The Kier molecular flexibility index (Phi) is 4.79. The molecule has 0 saturated carbocycles. The lowest BCUT2D eigenvalue weighted by atomic mass is 10.2. The van der Waals surface area contributed by atoms with Crippen molar-refractivity contribution in [3.05, 3.63) is 83.5 Å². The molecule has 1 aliphatic rings. The molecule has 0 atom stereocenters. The van der Waals surface area contributed by atoms with Gasteiger partial charge in [-0.1, -0.05) is 18.2 Å². The van der Waals surface area contributed by atoms with Crippen LogP contribution in [-0.2, 0) is 4.79 Å². The van der Waals surface area contributed by atoms with Crippen molar-refractivity contribution in [1.82, 2.24) is 4.57 Å². The van der Waals surface area contributed by atoms with Crippen molar-refractivity contribution in [2.45, 2.75) is 0 Å². The van der Waals surface area contributed by atoms with Crippen molar-refractivity contribution in [2.75, 3.05) is 23.9 Å². The molecule has 0 N–H and O–H groups in total. The van der Waals surface area contributed by atoms with E-state index >= 15 is 0 Å². The molecule has 0 bridgehead atoms. The standard InChI is InChI=1S/C22H19N3O2S/c1-23(2)16-10-12-17(13-11-16)24-14-6-9-19(24)15-20-21(26)25(22(27)28-20)18-7-4-3-5-8-18/h3-15H,1-2H3. The summed E-state index contributed by atoms with van der Waals surface area (Å²) >= 11 is 0.964. The second kappa shape index (κ2) is 7.40. The van der Waals surface area contributed by atoms with E-state index in [1.807, 2.05) is 84.4 Å². The molecule has 3 aromatic rings. The molecule has 140 valence electrons. The molecule has 0 radical (unpaired) electrons. The predicted molar refractivity (Wildman–Crippen MR) is 115 cm³/mol. The molecular weight excluding hydrogens is 370 g/mol. The molecule has 6 heteroatoms. The Morgan fingerprint density at radius 3 is 2.25 bits per heavy atom. The highest BCUT2D eigenvalue weighted by molar-refractivity contribution is 8.19. The molecule has 0 aliphatic carbocycles. The number of anilines is 2. The molecule has 1 fully saturated rings. The molecule has 1 saturated heterocycles. The number of aromatic nitrogens is 1. The average molecular weight is 389 g/mol. The van der Waals surface area contributed by atoms with Crippen LogP contribution in [0.4, 0.5) is 16.2 Å². The van der Waals surface area contributed by atoms with Gasteiger partial charge in [-0.2, -0.15) is 0 Å². The number of hydrogen-bond donors (Lipinski definition) is 0. The van der Waals surface area contributed by atoms with E-state index in [0.29, 0.717) is 10.6 Å². The zero-order valence-corrected chi connectivity index (χ0v) is 16.4. The summed E-state index contributed by atoms with van der Waals surface area (Å²) < 4.78 is 2.00. The highest BCUT2D eigenvalue weighted by atomic mass is 32.2. The highest BCUT2D eigenvalue weighted by Crippen LogP contribution is 2.35. The average Bonchev–Trinajstić information content (AvgIpc) is 3.27. The number of benzene rings is 2. The summed E-state index contributed by atoms with van der Waals surface area (Å²) in [5.74, 6) is -0.295. The second-order valence-corrected chi connectivity index (χ2v) is 7.56. The van der Waals surface area contributed by atoms with Crippen LogP contribution < -0.4 is 9.80 Å². The molecular formula is C22H19N3O2S. The van der Waals surface area contributed by atoms with Gasteiger partial charge < -0.3 is 9.47 Å². The fraction of sp³-hybridized carbons (Fsp3) is 0.0909. The minimum atomic E-state index is -0.295. The van der Waals surface area contributed by atoms with Gasteiger partial charge in [-0.3, -0.25) is 9.59 Å². The summed E-state index contributed by atoms with van der Waals surface area (Å²) in [6.45, 7) is 0. The minimum Gasteiger partial charge on any atom is -0.378 e. The molecule has 0 spiro atoms. The molecule has 1 aromatic heterocycles. The van der Waals surface area contributed by atoms with Crippen LogP contribution in [0.2, 0.25) is 0 Å². The number of carbonyl (C=O) groups is 2. The van der Waals surface area contributed by atoms with Gasteiger partial charge in [-0.05, 0) is 66.4 Å². The van der Waals surface area contributed by atoms with Gasteiger partial charge in [0.05, 0.1) is 10.6 Å². The maximum absolute atomic E-state index is 12.8. The van der Waals surface area contributed by atoms with Gasteiger partial charge >= 0.3 is 0 Å². The van der Waals surface area contributed by atoms with Gasteiger partial charge in [0.25, 0.3) is 11.1 Å². The first kappa shape index (κ1) is 18.1. The Hall–Kier alpha value is -3.25. The molecule has 4 rings (SSSR count). The van der Waals surface area contributed by atoms with Crippen molar-refractivity contribution in [3.63, 3.8) is 0 Å². The van der Waals surface area contributed by atoms with Gasteiger partial charge in [0.15, 0.2) is 0 Å². The molecule has 0 unspecified atom stereocenters. The van der Waals surface area contributed by atoms with E-state index in [-0.39, 0.29) is 11.1 Å². The summed E-state index contributed by atoms with van der Waals surface area (Å²) in [6.07, 6.45) is 3.71. The maximum Gasteiger partial charge on any atom is 0.298 e. The van der Waals surface area contributed by atoms with Crippen LogP contribution in [0.25, 0.3) is 11.8 Å². The van der Waals surface area contributed by atoms with Crippen LogP contribution in [0.15, 0.2) is 77.8 Å². The first-order chi connectivity index (χ1) is 13.5. The van der Waals surface area contributed by atoms with Gasteiger partial charge in [0, 0.05) is 37.4 Å². The Bertz CT molecular complexity index is 1050. The third kappa shape index (κ3) is 3.34. The van der Waals surface area contributed by atoms with E-state index in [9.17, 15) is 9.59 Å². The summed E-state index contributed by atoms with van der Waals surface area (Å²) in [4.78, 5) is 28.9. The summed E-state index contributed by atoms with van der Waals surface area (Å²) in [7, 11) is 4.00. The molecule has 1 aliphatic heterocycles. The van der Waals surface area contributed by atoms with Crippen molar-refractivity contribution < 1.29 is 9.59 Å². The van der Waals surface area contributed by atoms with Crippen molar-refractivity contribution >= 4 is 40.4 Å². The van der Waals surface area contributed by atoms with Crippen molar-refractivity contribution in [1.29, 1.82) is 0 Å². The lowest BCUT2D eigenvalue weighted by Crippen LogP contribution is -2.27. The number of thioether (sulfide) groups is 1. The second-order valence-electron chi connectivity index (χ2n) is 6.57. The van der Waals surface area contributed by atoms with E-state index in [2.05, 4.69) is 0 Å². The molecule has 28 heavy (non-hydrogen) atoms. The topological polar surface area (TPSA) is 45.6 Å². The summed E-state index contributed by atoms with van der Waals surface area (Å²) in [5.41, 5.74) is 3.53. The number of amides is 2. The third-order valence-corrected chi connectivity index (χ3v) is 5.38. The Morgan fingerprint density at radius 2 is 1.57 bits per heavy atom. The molecule has 2 aromatic carbocycles. The highest BCUT2D eigenvalue weighted by Gasteiger charge is 2.36. The quantitative estimate of drug-likeness (QED) is 0.602. The lowest BCUT2D eigenvalue weighted by molar-refractivity contribution is -0.113. The van der Waals surface area contributed by atoms with E-state index in [1.54, 1.807) is 18.2 Å². The normalized spacial score (nSPS) is 15.5. The first-order valence-corrected chi connectivity index (χ1v) is 9.64. The fourth-order valence-corrected chi connectivity index (χ4v) is 3.89. The van der Waals surface area contributed by atoms with Gasteiger partial charge in [-0.15, -0.1) is 0 Å². The largest absolute Gasteiger partial charge is 0.378 e. The van der Waals surface area contributed by atoms with Crippen molar-refractivity contribution in [2.24, 2.45) is 0 Å². The van der Waals surface area contributed by atoms with Crippen LogP contribution in [0.3, 0.4) is 0 Å². The number of nitrogens with zero attached hydrogens (tertiary/aromatic N) is 3. The number of rotatable bonds is 4. The zero-order chi connectivity index (χ0) is 19.7. The monoisotopic (exact) mass is 389 g/mol. The predicted octanol–water partition coefficient (Wildman–Crippen LogP) is 4.78. The maximum atomic E-state index is 12.8. The van der Waals surface area contributed by atoms with E-state index in [4.69, 9.17) is 0 Å². The lowest BCUT2D eigenvalue weighted by Gasteiger charge is -2.14. The number of imide groups is 1. The Morgan fingerprint density at radius 1 is 0.857 bits per heavy atom. The van der Waals surface area contributed by atoms with Crippen molar-refractivity contribution in [3.8, 4) is 5.69 Å². The molecule has 2 heterocycles. The zero-order valence-electron chi connectivity index (χ0n) is 15.6. The smallest absolute Gasteiger partial charge is 0.298 e. The van der Waals surface area contributed by atoms with E-state index < -0.39 is 0 Å². The van der Waals surface area contributed by atoms with Crippen LogP contribution in [0.1, 0.15) is 5.69 Å². The number of carbonyl (C=O) groups excluding carboxylic acids is 2. The van der Waals surface area contributed by atoms with Crippen LogP contribution >= 0.6 is 11.8 Å². The third-order valence-electron chi connectivity index (χ3n) is 4.51. The van der Waals surface area contributed by atoms with E-state index in [0.717, 1.165) is 28.8 Å². The number of hydrogen-bond acceptors (Lipinski definition) is 4. The summed E-state index contributed by atoms with van der Waals surface area (Å²) in [5, 5.41) is -0.282. The van der Waals surface area contributed by atoms with Crippen LogP contribution in [0.5, 0.6) is 0 Å². The fourth-order valence-electron chi connectivity index (χ4n) is 3.06. The van der Waals surface area contributed by atoms with Gasteiger partial charge in [0.2, 0.25) is 0 Å².